The van der Waals surface area contributed by atoms with Crippen LogP contribution in [0.25, 0.3) is 0 Å². The molecule has 0 aromatic heterocycles. The van der Waals surface area contributed by atoms with E-state index in [-0.39, 0.29) is 11.7 Å². The fourth-order valence-corrected chi connectivity index (χ4v) is 1.48. The van der Waals surface area contributed by atoms with Gasteiger partial charge in [0.05, 0.1) is 0 Å². The molecule has 0 aliphatic heterocycles. The third-order valence-electron chi connectivity index (χ3n) is 2.17. The van der Waals surface area contributed by atoms with E-state index in [2.05, 4.69) is 0 Å². The van der Waals surface area contributed by atoms with E-state index in [1.165, 1.54) is 17.0 Å². The molecule has 0 bridgehead atoms. The van der Waals surface area contributed by atoms with Crippen LogP contribution in [0.4, 0.5) is 4.39 Å². The number of carbonyl (C=O) groups is 1. The van der Waals surface area contributed by atoms with Gasteiger partial charge in [-0.05, 0) is 30.7 Å². The molecule has 1 aromatic rings. The number of hydrogen-bond acceptors (Lipinski definition) is 1. The maximum Gasteiger partial charge on any atom is 0.253 e. The third-order valence-corrected chi connectivity index (χ3v) is 2.34. The first-order valence-corrected chi connectivity index (χ1v) is 5.17. The Balaban J connectivity index is 2.87. The standard InChI is InChI=1S/C11H13ClFNO/c1-8-7-9(3-4-10(8)13)11(15)14(2)6-5-12/h3-4,7H,5-6H2,1-2H3. The summed E-state index contributed by atoms with van der Waals surface area (Å²) < 4.78 is 13.0. The number of hydrogen-bond donors (Lipinski definition) is 0. The van der Waals surface area contributed by atoms with Gasteiger partial charge in [0.15, 0.2) is 0 Å². The Kier molecular flexibility index (Phi) is 4.09. The van der Waals surface area contributed by atoms with Gasteiger partial charge in [-0.1, -0.05) is 0 Å². The highest BCUT2D eigenvalue weighted by Crippen LogP contribution is 2.10. The van der Waals surface area contributed by atoms with E-state index >= 15 is 0 Å². The van der Waals surface area contributed by atoms with E-state index in [1.807, 2.05) is 0 Å². The van der Waals surface area contributed by atoms with Crippen molar-refractivity contribution in [2.75, 3.05) is 19.5 Å². The van der Waals surface area contributed by atoms with Crippen LogP contribution in [0.5, 0.6) is 0 Å². The number of rotatable bonds is 3. The summed E-state index contributed by atoms with van der Waals surface area (Å²) in [7, 11) is 1.67. The summed E-state index contributed by atoms with van der Waals surface area (Å²) in [5, 5.41) is 0. The molecule has 0 atom stereocenters. The van der Waals surface area contributed by atoms with Gasteiger partial charge in [-0.15, -0.1) is 11.6 Å². The van der Waals surface area contributed by atoms with Gasteiger partial charge in [0, 0.05) is 25.0 Å². The molecular weight excluding hydrogens is 217 g/mol. The van der Waals surface area contributed by atoms with E-state index in [0.29, 0.717) is 23.6 Å². The van der Waals surface area contributed by atoms with Crippen molar-refractivity contribution in [3.8, 4) is 0 Å². The van der Waals surface area contributed by atoms with Crippen LogP contribution in [0, 0.1) is 12.7 Å². The zero-order valence-electron chi connectivity index (χ0n) is 8.76. The first-order valence-electron chi connectivity index (χ1n) is 4.64. The molecule has 0 saturated carbocycles. The number of alkyl halides is 1. The van der Waals surface area contributed by atoms with Crippen molar-refractivity contribution in [1.29, 1.82) is 0 Å². The van der Waals surface area contributed by atoms with Crippen molar-refractivity contribution in [1.82, 2.24) is 4.90 Å². The topological polar surface area (TPSA) is 20.3 Å². The van der Waals surface area contributed by atoms with Crippen molar-refractivity contribution in [2.24, 2.45) is 0 Å². The second-order valence-electron chi connectivity index (χ2n) is 3.38. The third kappa shape index (κ3) is 2.93. The lowest BCUT2D eigenvalue weighted by atomic mass is 10.1. The van der Waals surface area contributed by atoms with E-state index < -0.39 is 0 Å². The molecule has 15 heavy (non-hydrogen) atoms. The quantitative estimate of drug-likeness (QED) is 0.729. The number of nitrogens with zero attached hydrogens (tertiary/aromatic N) is 1. The molecule has 0 aliphatic carbocycles. The smallest absolute Gasteiger partial charge is 0.253 e. The lowest BCUT2D eigenvalue weighted by molar-refractivity contribution is 0.0803. The highest BCUT2D eigenvalue weighted by Gasteiger charge is 2.11. The summed E-state index contributed by atoms with van der Waals surface area (Å²) in [5.41, 5.74) is 0.960. The zero-order chi connectivity index (χ0) is 11.4. The van der Waals surface area contributed by atoms with Gasteiger partial charge in [-0.3, -0.25) is 4.79 Å². The SMILES string of the molecule is Cc1cc(C(=O)N(C)CCCl)ccc1F. The van der Waals surface area contributed by atoms with Gasteiger partial charge in [0.2, 0.25) is 0 Å². The second-order valence-corrected chi connectivity index (χ2v) is 3.76. The maximum absolute atomic E-state index is 13.0. The largest absolute Gasteiger partial charge is 0.341 e. The van der Waals surface area contributed by atoms with Crippen molar-refractivity contribution in [3.05, 3.63) is 35.1 Å². The van der Waals surface area contributed by atoms with Crippen molar-refractivity contribution < 1.29 is 9.18 Å². The van der Waals surface area contributed by atoms with E-state index in [4.69, 9.17) is 11.6 Å². The van der Waals surface area contributed by atoms with E-state index in [9.17, 15) is 9.18 Å². The lowest BCUT2D eigenvalue weighted by Crippen LogP contribution is -2.28. The van der Waals surface area contributed by atoms with Gasteiger partial charge in [-0.25, -0.2) is 4.39 Å². The number of benzene rings is 1. The van der Waals surface area contributed by atoms with Crippen LogP contribution in [0.3, 0.4) is 0 Å². The van der Waals surface area contributed by atoms with Gasteiger partial charge in [0.1, 0.15) is 5.82 Å². The Morgan fingerprint density at radius 3 is 2.73 bits per heavy atom. The van der Waals surface area contributed by atoms with Crippen molar-refractivity contribution in [2.45, 2.75) is 6.92 Å². The normalized spacial score (nSPS) is 10.1. The molecule has 1 rings (SSSR count). The number of carbonyl (C=O) groups excluding carboxylic acids is 1. The van der Waals surface area contributed by atoms with Crippen molar-refractivity contribution in [3.63, 3.8) is 0 Å². The van der Waals surface area contributed by atoms with Crippen LogP contribution in [-0.2, 0) is 0 Å². The van der Waals surface area contributed by atoms with Crippen LogP contribution < -0.4 is 0 Å². The molecule has 0 radical (unpaired) electrons. The van der Waals surface area contributed by atoms with Crippen LogP contribution in [0.2, 0.25) is 0 Å². The molecule has 1 aromatic carbocycles. The van der Waals surface area contributed by atoms with Crippen molar-refractivity contribution >= 4 is 17.5 Å². The minimum absolute atomic E-state index is 0.140. The van der Waals surface area contributed by atoms with E-state index in [1.54, 1.807) is 20.0 Å². The average Bonchev–Trinajstić information content (AvgIpc) is 2.21. The summed E-state index contributed by atoms with van der Waals surface area (Å²) in [5.74, 6) is -0.0483. The molecule has 0 fully saturated rings. The zero-order valence-corrected chi connectivity index (χ0v) is 9.51. The summed E-state index contributed by atoms with van der Waals surface area (Å²) in [6.07, 6.45) is 0. The molecule has 1 amide bonds. The number of amides is 1. The summed E-state index contributed by atoms with van der Waals surface area (Å²) in [6.45, 7) is 2.12. The summed E-state index contributed by atoms with van der Waals surface area (Å²) in [6, 6.07) is 4.33. The minimum Gasteiger partial charge on any atom is -0.341 e. The fraction of sp³-hybridized carbons (Fsp3) is 0.364. The van der Waals surface area contributed by atoms with Gasteiger partial charge in [0.25, 0.3) is 5.91 Å². The fourth-order valence-electron chi connectivity index (χ4n) is 1.23. The van der Waals surface area contributed by atoms with Crippen LogP contribution in [-0.4, -0.2) is 30.3 Å². The summed E-state index contributed by atoms with van der Waals surface area (Å²) in [4.78, 5) is 13.3. The first kappa shape index (κ1) is 12.0. The van der Waals surface area contributed by atoms with Gasteiger partial charge >= 0.3 is 0 Å². The minimum atomic E-state index is -0.299. The summed E-state index contributed by atoms with van der Waals surface area (Å²) >= 11 is 5.53. The molecule has 0 spiro atoms. The Morgan fingerprint density at radius 2 is 2.20 bits per heavy atom. The maximum atomic E-state index is 13.0. The number of aryl methyl sites for hydroxylation is 1. The second kappa shape index (κ2) is 5.12. The predicted octanol–water partition coefficient (Wildman–Crippen LogP) is 2.44. The Morgan fingerprint density at radius 1 is 1.53 bits per heavy atom. The Labute approximate surface area is 93.6 Å². The van der Waals surface area contributed by atoms with Crippen LogP contribution in [0.15, 0.2) is 18.2 Å². The number of halogens is 2. The molecule has 0 unspecified atom stereocenters. The first-order chi connectivity index (χ1) is 7.06. The van der Waals surface area contributed by atoms with E-state index in [0.717, 1.165) is 0 Å². The molecule has 0 heterocycles. The van der Waals surface area contributed by atoms with Crippen LogP contribution in [0.1, 0.15) is 15.9 Å². The van der Waals surface area contributed by atoms with Gasteiger partial charge in [-0.2, -0.15) is 0 Å². The highest BCUT2D eigenvalue weighted by molar-refractivity contribution is 6.18. The lowest BCUT2D eigenvalue weighted by Gasteiger charge is -2.15. The molecule has 4 heteroatoms. The average molecular weight is 230 g/mol. The molecule has 0 aliphatic rings. The molecule has 2 nitrogen and oxygen atoms in total. The Bertz CT molecular complexity index is 368. The predicted molar refractivity (Wildman–Crippen MR) is 58.8 cm³/mol. The monoisotopic (exact) mass is 229 g/mol. The molecule has 0 saturated heterocycles. The molecular formula is C11H13ClFNO. The molecule has 0 N–H and O–H groups in total. The Hall–Kier alpha value is -1.09. The highest BCUT2D eigenvalue weighted by atomic mass is 35.5. The van der Waals surface area contributed by atoms with Crippen LogP contribution >= 0.6 is 11.6 Å². The molecule has 82 valence electrons. The van der Waals surface area contributed by atoms with Gasteiger partial charge < -0.3 is 4.90 Å².